The largest absolute Gasteiger partial charge is 2.00 e. The molecule has 8 nitrogen and oxygen atoms in total. The zero-order chi connectivity index (χ0) is 31.1. The first-order chi connectivity index (χ1) is 19.8. The van der Waals surface area contributed by atoms with Gasteiger partial charge in [-0.2, -0.15) is 0 Å². The Hall–Kier alpha value is -4.29. The zero-order valence-electron chi connectivity index (χ0n) is 25.5. The SMILES string of the molecule is CC(=O)c1[c-]c(-c2cc(N(C)C)ccn2)cc(C(C)=O)c1.CC(=O)c1[c-]c(-c2cc(N(C)C)ccn2)cc(C(C)=O)c1.[Pt+2]. The summed E-state index contributed by atoms with van der Waals surface area (Å²) in [6.07, 6.45) is 3.40. The van der Waals surface area contributed by atoms with E-state index in [1.807, 2.05) is 62.3 Å². The third-order valence-electron chi connectivity index (χ3n) is 6.38. The predicted octanol–water partition coefficient (Wildman–Crippen LogP) is 6.04. The van der Waals surface area contributed by atoms with Crippen LogP contribution in [0.25, 0.3) is 22.5 Å². The van der Waals surface area contributed by atoms with E-state index in [0.29, 0.717) is 44.8 Å². The quantitative estimate of drug-likeness (QED) is 0.159. The summed E-state index contributed by atoms with van der Waals surface area (Å²) in [7, 11) is 7.76. The molecule has 0 aliphatic heterocycles. The number of nitrogens with zero attached hydrogens (tertiary/aromatic N) is 4. The van der Waals surface area contributed by atoms with Crippen LogP contribution >= 0.6 is 0 Å². The average Bonchev–Trinajstić information content (AvgIpc) is 2.97. The van der Waals surface area contributed by atoms with Crippen LogP contribution in [0.1, 0.15) is 69.1 Å². The molecule has 0 spiro atoms. The van der Waals surface area contributed by atoms with Crippen molar-refractivity contribution < 1.29 is 40.2 Å². The molecule has 2 aromatic heterocycles. The van der Waals surface area contributed by atoms with Gasteiger partial charge in [-0.25, -0.2) is 0 Å². The number of hydrogen-bond acceptors (Lipinski definition) is 8. The Labute approximate surface area is 267 Å². The summed E-state index contributed by atoms with van der Waals surface area (Å²) in [6.45, 7) is 5.88. The van der Waals surface area contributed by atoms with E-state index in [0.717, 1.165) is 11.4 Å². The first kappa shape index (κ1) is 34.9. The molecule has 0 fully saturated rings. The predicted molar refractivity (Wildman–Crippen MR) is 166 cm³/mol. The first-order valence-corrected chi connectivity index (χ1v) is 13.2. The molecule has 0 unspecified atom stereocenters. The molecule has 0 N–H and O–H groups in total. The summed E-state index contributed by atoms with van der Waals surface area (Å²) in [6, 6.07) is 20.3. The standard InChI is InChI=1S/2C17H17N2O2.Pt/c2*1-11(20)13-7-14(12(2)21)9-15(8-13)17-10-16(19(3)4)5-6-18-17;/h2*5-8,10H,1-4H3;/q2*-1;+2. The van der Waals surface area contributed by atoms with Gasteiger partial charge in [0.2, 0.25) is 0 Å². The van der Waals surface area contributed by atoms with E-state index in [4.69, 9.17) is 0 Å². The molecule has 0 saturated carbocycles. The first-order valence-electron chi connectivity index (χ1n) is 13.2. The number of Topliss-reactive ketones (excluding diaryl/α,β-unsaturated/α-hetero) is 4. The van der Waals surface area contributed by atoms with E-state index in [1.54, 1.807) is 36.7 Å². The molecular weight excluding hydrogens is 723 g/mol. The minimum absolute atomic E-state index is 0. The Balaban J connectivity index is 0.000000293. The van der Waals surface area contributed by atoms with E-state index in [-0.39, 0.29) is 44.2 Å². The molecule has 0 amide bonds. The van der Waals surface area contributed by atoms with Crippen molar-refractivity contribution in [3.63, 3.8) is 0 Å². The average molecular weight is 758 g/mol. The monoisotopic (exact) mass is 757 g/mol. The number of anilines is 2. The van der Waals surface area contributed by atoms with Crippen molar-refractivity contribution in [3.05, 3.63) is 95.3 Å². The minimum Gasteiger partial charge on any atom is -0.378 e. The number of pyridine rings is 2. The van der Waals surface area contributed by atoms with Gasteiger partial charge in [-0.15, -0.1) is 36.4 Å². The second-order valence-electron chi connectivity index (χ2n) is 10.2. The van der Waals surface area contributed by atoms with Crippen molar-refractivity contribution in [2.24, 2.45) is 0 Å². The van der Waals surface area contributed by atoms with E-state index in [2.05, 4.69) is 22.1 Å². The number of benzene rings is 2. The molecule has 0 aliphatic carbocycles. The number of carbonyl (C=O) groups excluding carboxylic acids is 4. The third-order valence-corrected chi connectivity index (χ3v) is 6.38. The van der Waals surface area contributed by atoms with Gasteiger partial charge < -0.3 is 19.4 Å². The maximum absolute atomic E-state index is 11.6. The molecule has 0 aliphatic rings. The van der Waals surface area contributed by atoms with Crippen LogP contribution in [0, 0.1) is 12.1 Å². The minimum atomic E-state index is -0.122. The maximum Gasteiger partial charge on any atom is 2.00 e. The Bertz CT molecular complexity index is 1480. The summed E-state index contributed by atoms with van der Waals surface area (Å²) in [5, 5.41) is 0. The van der Waals surface area contributed by atoms with Crippen LogP contribution in [0.2, 0.25) is 0 Å². The fraction of sp³-hybridized carbons (Fsp3) is 0.235. The maximum atomic E-state index is 11.6. The summed E-state index contributed by atoms with van der Waals surface area (Å²) in [4.78, 5) is 59.0. The van der Waals surface area contributed by atoms with Gasteiger partial charge in [0, 0.05) is 63.3 Å². The second-order valence-corrected chi connectivity index (χ2v) is 10.2. The normalized spacial score (nSPS) is 10.0. The second kappa shape index (κ2) is 15.3. The Morgan fingerprint density at radius 1 is 0.558 bits per heavy atom. The van der Waals surface area contributed by atoms with Crippen molar-refractivity contribution in [1.82, 2.24) is 9.97 Å². The van der Waals surface area contributed by atoms with Crippen molar-refractivity contribution in [1.29, 1.82) is 0 Å². The Morgan fingerprint density at radius 3 is 1.19 bits per heavy atom. The molecule has 224 valence electrons. The van der Waals surface area contributed by atoms with Crippen molar-refractivity contribution >= 4 is 34.5 Å². The number of aromatic nitrogens is 2. The molecule has 4 aromatic rings. The van der Waals surface area contributed by atoms with Crippen molar-refractivity contribution in [3.8, 4) is 22.5 Å². The molecule has 2 heterocycles. The van der Waals surface area contributed by atoms with E-state index < -0.39 is 0 Å². The van der Waals surface area contributed by atoms with Crippen LogP contribution < -0.4 is 9.80 Å². The molecular formula is C34H34N4O4Pt. The smallest absolute Gasteiger partial charge is 0.378 e. The molecule has 9 heteroatoms. The van der Waals surface area contributed by atoms with Gasteiger partial charge in [-0.05, 0) is 63.1 Å². The third kappa shape index (κ3) is 9.35. The fourth-order valence-electron chi connectivity index (χ4n) is 3.89. The van der Waals surface area contributed by atoms with Crippen molar-refractivity contribution in [2.45, 2.75) is 27.7 Å². The summed E-state index contributed by atoms with van der Waals surface area (Å²) in [5.41, 5.74) is 6.44. The van der Waals surface area contributed by atoms with Crippen LogP contribution in [0.4, 0.5) is 11.4 Å². The van der Waals surface area contributed by atoms with E-state index >= 15 is 0 Å². The van der Waals surface area contributed by atoms with E-state index in [1.165, 1.54) is 27.7 Å². The number of rotatable bonds is 8. The number of ketones is 4. The topological polar surface area (TPSA) is 101 Å². The Kier molecular flexibility index (Phi) is 12.4. The molecule has 0 saturated heterocycles. The van der Waals surface area contributed by atoms with Crippen LogP contribution in [0.5, 0.6) is 0 Å². The molecule has 0 radical (unpaired) electrons. The van der Waals surface area contributed by atoms with Gasteiger partial charge in [0.05, 0.1) is 11.6 Å². The summed E-state index contributed by atoms with van der Waals surface area (Å²) < 4.78 is 0. The number of carbonyl (C=O) groups is 4. The molecule has 0 bridgehead atoms. The van der Waals surface area contributed by atoms with E-state index in [9.17, 15) is 19.2 Å². The van der Waals surface area contributed by atoms with Gasteiger partial charge >= 0.3 is 21.1 Å². The molecule has 0 atom stereocenters. The van der Waals surface area contributed by atoms with Gasteiger partial charge in [-0.3, -0.25) is 19.6 Å². The fourth-order valence-corrected chi connectivity index (χ4v) is 3.89. The zero-order valence-corrected chi connectivity index (χ0v) is 27.8. The molecule has 4 rings (SSSR count). The van der Waals surface area contributed by atoms with Crippen LogP contribution in [0.15, 0.2) is 60.9 Å². The van der Waals surface area contributed by atoms with Gasteiger partial charge in [0.15, 0.2) is 0 Å². The van der Waals surface area contributed by atoms with Gasteiger partial charge in [0.1, 0.15) is 11.6 Å². The molecule has 2 aromatic carbocycles. The van der Waals surface area contributed by atoms with Crippen LogP contribution in [-0.2, 0) is 21.1 Å². The molecule has 43 heavy (non-hydrogen) atoms. The Morgan fingerprint density at radius 2 is 0.907 bits per heavy atom. The van der Waals surface area contributed by atoms with Crippen molar-refractivity contribution in [2.75, 3.05) is 38.0 Å². The van der Waals surface area contributed by atoms with Crippen LogP contribution in [0.3, 0.4) is 0 Å². The summed E-state index contributed by atoms with van der Waals surface area (Å²) >= 11 is 0. The number of hydrogen-bond donors (Lipinski definition) is 0. The summed E-state index contributed by atoms with van der Waals surface area (Å²) in [5.74, 6) is -0.417. The van der Waals surface area contributed by atoms with Gasteiger partial charge in [0.25, 0.3) is 0 Å². The van der Waals surface area contributed by atoms with Crippen LogP contribution in [-0.4, -0.2) is 61.3 Å². The van der Waals surface area contributed by atoms with Gasteiger partial charge in [-0.1, -0.05) is 22.3 Å².